The van der Waals surface area contributed by atoms with Gasteiger partial charge in [-0.3, -0.25) is 0 Å². The van der Waals surface area contributed by atoms with Crippen LogP contribution in [0.25, 0.3) is 0 Å². The zero-order chi connectivity index (χ0) is 12.5. The van der Waals surface area contributed by atoms with Gasteiger partial charge in [0.25, 0.3) is 0 Å². The molecular formula is C14H26N2. The zero-order valence-corrected chi connectivity index (χ0v) is 11.8. The van der Waals surface area contributed by atoms with Gasteiger partial charge in [0, 0.05) is 17.0 Å². The highest BCUT2D eigenvalue weighted by molar-refractivity contribution is 5.26. The molecule has 0 aromatic carbocycles. The van der Waals surface area contributed by atoms with E-state index in [0.29, 0.717) is 11.8 Å². The lowest BCUT2D eigenvalue weighted by molar-refractivity contribution is 0.483. The maximum absolute atomic E-state index is 4.77. The van der Waals surface area contributed by atoms with Gasteiger partial charge in [0.1, 0.15) is 5.82 Å². The Morgan fingerprint density at radius 3 is 2.06 bits per heavy atom. The van der Waals surface area contributed by atoms with Crippen molar-refractivity contribution in [3.8, 4) is 0 Å². The summed E-state index contributed by atoms with van der Waals surface area (Å²) < 4.78 is 0. The number of nitrogens with zero attached hydrogens (tertiary/aromatic N) is 1. The lowest BCUT2D eigenvalue weighted by Crippen LogP contribution is -2.18. The van der Waals surface area contributed by atoms with E-state index in [2.05, 4.69) is 53.5 Å². The second-order valence-corrected chi connectivity index (χ2v) is 5.93. The molecule has 1 N–H and O–H groups in total. The highest BCUT2D eigenvalue weighted by Crippen LogP contribution is 2.32. The Balaban J connectivity index is 3.26. The van der Waals surface area contributed by atoms with Crippen LogP contribution in [0, 0.1) is 0 Å². The van der Waals surface area contributed by atoms with Crippen molar-refractivity contribution in [2.45, 2.75) is 72.1 Å². The van der Waals surface area contributed by atoms with Gasteiger partial charge in [-0.15, -0.1) is 0 Å². The third-order valence-corrected chi connectivity index (χ3v) is 3.40. The van der Waals surface area contributed by atoms with E-state index in [9.17, 15) is 0 Å². The molecule has 0 atom stereocenters. The van der Waals surface area contributed by atoms with Crippen LogP contribution in [-0.4, -0.2) is 9.97 Å². The molecule has 0 aliphatic carbocycles. The second kappa shape index (κ2) is 4.60. The first-order valence-corrected chi connectivity index (χ1v) is 6.39. The first-order valence-electron chi connectivity index (χ1n) is 6.39. The molecule has 1 rings (SSSR count). The summed E-state index contributed by atoms with van der Waals surface area (Å²) >= 11 is 0. The Bertz CT molecular complexity index is 346. The number of imidazole rings is 1. The monoisotopic (exact) mass is 222 g/mol. The van der Waals surface area contributed by atoms with Crippen molar-refractivity contribution in [3.05, 3.63) is 17.2 Å². The van der Waals surface area contributed by atoms with E-state index in [4.69, 9.17) is 4.98 Å². The topological polar surface area (TPSA) is 28.7 Å². The molecule has 0 aliphatic heterocycles. The van der Waals surface area contributed by atoms with Crippen LogP contribution < -0.4 is 0 Å². The van der Waals surface area contributed by atoms with E-state index < -0.39 is 0 Å². The lowest BCUT2D eigenvalue weighted by Gasteiger charge is -2.23. The fourth-order valence-corrected chi connectivity index (χ4v) is 1.79. The molecule has 0 spiro atoms. The van der Waals surface area contributed by atoms with Gasteiger partial charge in [0.15, 0.2) is 0 Å². The molecule has 0 bridgehead atoms. The fourth-order valence-electron chi connectivity index (χ4n) is 1.79. The number of H-pyrrole nitrogens is 1. The van der Waals surface area contributed by atoms with Crippen molar-refractivity contribution in [1.29, 1.82) is 0 Å². The van der Waals surface area contributed by atoms with Crippen LogP contribution in [0.2, 0.25) is 0 Å². The van der Waals surface area contributed by atoms with Crippen molar-refractivity contribution in [2.24, 2.45) is 0 Å². The molecular weight excluding hydrogens is 196 g/mol. The van der Waals surface area contributed by atoms with Crippen molar-refractivity contribution < 1.29 is 0 Å². The number of hydrogen-bond donors (Lipinski definition) is 1. The van der Waals surface area contributed by atoms with Crippen molar-refractivity contribution in [2.75, 3.05) is 0 Å². The average Bonchev–Trinajstić information content (AvgIpc) is 2.62. The molecule has 1 heterocycles. The summed E-state index contributed by atoms with van der Waals surface area (Å²) in [6.45, 7) is 15.6. The van der Waals surface area contributed by atoms with E-state index in [1.807, 2.05) is 0 Å². The Hall–Kier alpha value is -0.790. The molecule has 1 aromatic rings. The minimum atomic E-state index is 0.194. The van der Waals surface area contributed by atoms with Gasteiger partial charge in [-0.05, 0) is 12.3 Å². The molecule has 0 aliphatic rings. The summed E-state index contributed by atoms with van der Waals surface area (Å²) in [7, 11) is 0. The number of aromatic amines is 1. The molecule has 0 saturated heterocycles. The first kappa shape index (κ1) is 13.3. The third kappa shape index (κ3) is 2.47. The van der Waals surface area contributed by atoms with E-state index in [1.165, 1.54) is 11.4 Å². The summed E-state index contributed by atoms with van der Waals surface area (Å²) in [5, 5.41) is 0. The van der Waals surface area contributed by atoms with Crippen molar-refractivity contribution in [3.63, 3.8) is 0 Å². The molecule has 16 heavy (non-hydrogen) atoms. The molecule has 2 nitrogen and oxygen atoms in total. The summed E-state index contributed by atoms with van der Waals surface area (Å²) in [4.78, 5) is 8.31. The van der Waals surface area contributed by atoms with Crippen molar-refractivity contribution >= 4 is 0 Å². The number of nitrogens with one attached hydrogen (secondary N) is 1. The Labute approximate surface area is 99.9 Å². The van der Waals surface area contributed by atoms with Crippen LogP contribution in [0.5, 0.6) is 0 Å². The van der Waals surface area contributed by atoms with Crippen LogP contribution in [0.4, 0.5) is 0 Å². The van der Waals surface area contributed by atoms with E-state index in [1.54, 1.807) is 0 Å². The lowest BCUT2D eigenvalue weighted by atomic mass is 9.83. The molecule has 0 radical (unpaired) electrons. The zero-order valence-electron chi connectivity index (χ0n) is 11.8. The average molecular weight is 222 g/mol. The molecule has 2 heteroatoms. The SMILES string of the molecule is CCC(C)(C)c1[nH]c(C(C)C)nc1C(C)C. The predicted molar refractivity (Wildman–Crippen MR) is 70.1 cm³/mol. The van der Waals surface area contributed by atoms with Crippen molar-refractivity contribution in [1.82, 2.24) is 9.97 Å². The summed E-state index contributed by atoms with van der Waals surface area (Å²) in [5.41, 5.74) is 2.77. The highest BCUT2D eigenvalue weighted by atomic mass is 15.0. The van der Waals surface area contributed by atoms with Crippen LogP contribution in [0.1, 0.15) is 83.9 Å². The molecule has 92 valence electrons. The Morgan fingerprint density at radius 2 is 1.69 bits per heavy atom. The fraction of sp³-hybridized carbons (Fsp3) is 0.786. The van der Waals surface area contributed by atoms with Gasteiger partial charge in [0.2, 0.25) is 0 Å². The quantitative estimate of drug-likeness (QED) is 0.806. The van der Waals surface area contributed by atoms with Crippen LogP contribution in [0.15, 0.2) is 0 Å². The standard InChI is InChI=1S/C14H26N2/c1-8-14(6,7)12-11(9(2)3)15-13(16-12)10(4)5/h9-10H,8H2,1-7H3,(H,15,16). The molecule has 0 unspecified atom stereocenters. The third-order valence-electron chi connectivity index (χ3n) is 3.40. The minimum Gasteiger partial charge on any atom is -0.345 e. The second-order valence-electron chi connectivity index (χ2n) is 5.93. The smallest absolute Gasteiger partial charge is 0.109 e. The van der Waals surface area contributed by atoms with Gasteiger partial charge < -0.3 is 4.98 Å². The van der Waals surface area contributed by atoms with Crippen LogP contribution in [-0.2, 0) is 5.41 Å². The predicted octanol–water partition coefficient (Wildman–Crippen LogP) is 4.34. The number of hydrogen-bond acceptors (Lipinski definition) is 1. The van der Waals surface area contributed by atoms with Crippen LogP contribution in [0.3, 0.4) is 0 Å². The summed E-state index contributed by atoms with van der Waals surface area (Å²) in [6.07, 6.45) is 1.13. The molecule has 0 saturated carbocycles. The summed E-state index contributed by atoms with van der Waals surface area (Å²) in [6, 6.07) is 0. The highest BCUT2D eigenvalue weighted by Gasteiger charge is 2.27. The van der Waals surface area contributed by atoms with E-state index in [0.717, 1.165) is 12.2 Å². The van der Waals surface area contributed by atoms with Crippen LogP contribution >= 0.6 is 0 Å². The van der Waals surface area contributed by atoms with E-state index >= 15 is 0 Å². The molecule has 0 fully saturated rings. The van der Waals surface area contributed by atoms with Gasteiger partial charge >= 0.3 is 0 Å². The van der Waals surface area contributed by atoms with Gasteiger partial charge in [-0.1, -0.05) is 48.5 Å². The normalized spacial score (nSPS) is 12.8. The maximum Gasteiger partial charge on any atom is 0.109 e. The summed E-state index contributed by atoms with van der Waals surface area (Å²) in [5.74, 6) is 2.09. The largest absolute Gasteiger partial charge is 0.345 e. The maximum atomic E-state index is 4.77. The molecule has 0 amide bonds. The van der Waals surface area contributed by atoms with Gasteiger partial charge in [-0.25, -0.2) is 4.98 Å². The Kier molecular flexibility index (Phi) is 3.82. The first-order chi connectivity index (χ1) is 7.29. The van der Waals surface area contributed by atoms with E-state index in [-0.39, 0.29) is 5.41 Å². The number of aromatic nitrogens is 2. The minimum absolute atomic E-state index is 0.194. The number of rotatable bonds is 4. The molecule has 1 aromatic heterocycles. The van der Waals surface area contributed by atoms with Gasteiger partial charge in [0.05, 0.1) is 5.69 Å². The van der Waals surface area contributed by atoms with Gasteiger partial charge in [-0.2, -0.15) is 0 Å². The Morgan fingerprint density at radius 1 is 1.12 bits per heavy atom.